The normalized spacial score (nSPS) is 10.9. The van der Waals surface area contributed by atoms with Crippen LogP contribution in [-0.4, -0.2) is 12.5 Å². The molecule has 1 heterocycles. The highest BCUT2D eigenvalue weighted by molar-refractivity contribution is 5.94. The summed E-state index contributed by atoms with van der Waals surface area (Å²) in [6.45, 7) is 0.309. The maximum atomic E-state index is 13.5. The van der Waals surface area contributed by atoms with Crippen LogP contribution in [0, 0.1) is 11.6 Å². The second kappa shape index (κ2) is 6.60. The lowest BCUT2D eigenvalue weighted by atomic mass is 10.1. The molecule has 1 amide bonds. The van der Waals surface area contributed by atoms with E-state index in [0.29, 0.717) is 19.4 Å². The molecule has 0 saturated heterocycles. The molecule has 0 radical (unpaired) electrons. The van der Waals surface area contributed by atoms with Crippen LogP contribution in [0.4, 0.5) is 8.78 Å². The van der Waals surface area contributed by atoms with Crippen LogP contribution in [0.15, 0.2) is 52.9 Å². The minimum Gasteiger partial charge on any atom is -0.461 e. The molecule has 0 unspecified atom stereocenters. The molecular formula is C18H15F2NO2. The van der Waals surface area contributed by atoms with Crippen LogP contribution in [-0.2, 0) is 6.42 Å². The van der Waals surface area contributed by atoms with Crippen molar-refractivity contribution in [3.05, 3.63) is 71.5 Å². The summed E-state index contributed by atoms with van der Waals surface area (Å²) in [7, 11) is 0. The maximum Gasteiger partial charge on any atom is 0.257 e. The van der Waals surface area contributed by atoms with Gasteiger partial charge in [0.2, 0.25) is 0 Å². The summed E-state index contributed by atoms with van der Waals surface area (Å²) in [6, 6.07) is 13.0. The highest BCUT2D eigenvalue weighted by atomic mass is 19.1. The summed E-state index contributed by atoms with van der Waals surface area (Å²) < 4.78 is 32.6. The lowest BCUT2D eigenvalue weighted by Gasteiger charge is -2.06. The van der Waals surface area contributed by atoms with Crippen LogP contribution in [0.1, 0.15) is 22.5 Å². The highest BCUT2D eigenvalue weighted by Crippen LogP contribution is 2.19. The third-order valence-electron chi connectivity index (χ3n) is 3.55. The summed E-state index contributed by atoms with van der Waals surface area (Å²) in [4.78, 5) is 11.8. The van der Waals surface area contributed by atoms with E-state index in [2.05, 4.69) is 5.32 Å². The van der Waals surface area contributed by atoms with Gasteiger partial charge >= 0.3 is 0 Å². The van der Waals surface area contributed by atoms with E-state index in [1.807, 2.05) is 30.3 Å². The summed E-state index contributed by atoms with van der Waals surface area (Å²) in [5.41, 5.74) is 0.274. The number of carbonyl (C=O) groups is 1. The second-order valence-corrected chi connectivity index (χ2v) is 5.21. The fraction of sp³-hybridized carbons (Fsp3) is 0.167. The number of hydrogen-bond donors (Lipinski definition) is 1. The van der Waals surface area contributed by atoms with Crippen molar-refractivity contribution in [3.63, 3.8) is 0 Å². The van der Waals surface area contributed by atoms with Crippen molar-refractivity contribution in [1.82, 2.24) is 5.32 Å². The molecule has 0 aliphatic rings. The lowest BCUT2D eigenvalue weighted by molar-refractivity contribution is 0.0944. The Morgan fingerprint density at radius 3 is 2.52 bits per heavy atom. The van der Waals surface area contributed by atoms with Gasteiger partial charge in [0.15, 0.2) is 0 Å². The van der Waals surface area contributed by atoms with E-state index in [-0.39, 0.29) is 0 Å². The summed E-state index contributed by atoms with van der Waals surface area (Å²) in [5.74, 6) is -1.65. The van der Waals surface area contributed by atoms with Crippen molar-refractivity contribution in [1.29, 1.82) is 0 Å². The highest BCUT2D eigenvalue weighted by Gasteiger charge is 2.16. The first-order valence-corrected chi connectivity index (χ1v) is 7.35. The molecule has 1 aromatic heterocycles. The molecule has 118 valence electrons. The molecule has 3 rings (SSSR count). The van der Waals surface area contributed by atoms with Gasteiger partial charge in [-0.1, -0.05) is 24.3 Å². The van der Waals surface area contributed by atoms with Crippen LogP contribution in [0.2, 0.25) is 0 Å². The smallest absolute Gasteiger partial charge is 0.257 e. The molecule has 0 aliphatic heterocycles. The maximum absolute atomic E-state index is 13.5. The van der Waals surface area contributed by atoms with Crippen molar-refractivity contribution in [3.8, 4) is 0 Å². The first-order chi connectivity index (χ1) is 11.1. The quantitative estimate of drug-likeness (QED) is 0.721. The van der Waals surface area contributed by atoms with E-state index in [4.69, 9.17) is 4.42 Å². The third kappa shape index (κ3) is 3.39. The van der Waals surface area contributed by atoms with Crippen molar-refractivity contribution >= 4 is 16.9 Å². The van der Waals surface area contributed by atoms with E-state index in [9.17, 15) is 13.6 Å². The average Bonchev–Trinajstić information content (AvgIpc) is 2.94. The monoisotopic (exact) mass is 315 g/mol. The molecule has 1 N–H and O–H groups in total. The standard InChI is InChI=1S/C18H15F2NO2/c19-14-7-3-8-15(20)17(14)18(22)21-10-4-6-13-11-12-5-1-2-9-16(12)23-13/h1-3,5,7-9,11H,4,6,10H2,(H,21,22). The molecule has 0 bridgehead atoms. The Balaban J connectivity index is 1.54. The minimum absolute atomic E-state index is 0.309. The van der Waals surface area contributed by atoms with Gasteiger partial charge in [-0.3, -0.25) is 4.79 Å². The third-order valence-corrected chi connectivity index (χ3v) is 3.55. The Kier molecular flexibility index (Phi) is 4.37. The number of halogens is 2. The molecule has 0 saturated carbocycles. The zero-order valence-corrected chi connectivity index (χ0v) is 12.3. The Hall–Kier alpha value is -2.69. The molecule has 5 heteroatoms. The fourth-order valence-corrected chi connectivity index (χ4v) is 2.43. The Morgan fingerprint density at radius 2 is 1.78 bits per heavy atom. The zero-order valence-electron chi connectivity index (χ0n) is 12.3. The summed E-state index contributed by atoms with van der Waals surface area (Å²) in [5, 5.41) is 3.55. The van der Waals surface area contributed by atoms with Gasteiger partial charge in [0.05, 0.1) is 0 Å². The molecule has 0 aliphatic carbocycles. The van der Waals surface area contributed by atoms with Crippen LogP contribution in [0.3, 0.4) is 0 Å². The Bertz CT molecular complexity index is 789. The van der Waals surface area contributed by atoms with Crippen molar-refractivity contribution < 1.29 is 18.0 Å². The molecular weight excluding hydrogens is 300 g/mol. The van der Waals surface area contributed by atoms with Gasteiger partial charge in [-0.15, -0.1) is 0 Å². The average molecular weight is 315 g/mol. The molecule has 3 aromatic rings. The number of hydrogen-bond acceptors (Lipinski definition) is 2. The summed E-state index contributed by atoms with van der Waals surface area (Å²) >= 11 is 0. The topological polar surface area (TPSA) is 42.2 Å². The predicted molar refractivity (Wildman–Crippen MR) is 83.2 cm³/mol. The first-order valence-electron chi connectivity index (χ1n) is 7.35. The summed E-state index contributed by atoms with van der Waals surface area (Å²) in [6.07, 6.45) is 1.25. The molecule has 3 nitrogen and oxygen atoms in total. The fourth-order valence-electron chi connectivity index (χ4n) is 2.43. The van der Waals surface area contributed by atoms with Crippen molar-refractivity contribution in [2.24, 2.45) is 0 Å². The molecule has 0 fully saturated rings. The minimum atomic E-state index is -0.861. The number of para-hydroxylation sites is 1. The van der Waals surface area contributed by atoms with Crippen LogP contribution < -0.4 is 5.32 Å². The first kappa shape index (κ1) is 15.2. The number of aryl methyl sites for hydroxylation is 1. The molecule has 23 heavy (non-hydrogen) atoms. The van der Waals surface area contributed by atoms with Gasteiger partial charge in [0.1, 0.15) is 28.5 Å². The van der Waals surface area contributed by atoms with E-state index >= 15 is 0 Å². The SMILES string of the molecule is O=C(NCCCc1cc2ccccc2o1)c1c(F)cccc1F. The number of furan rings is 1. The largest absolute Gasteiger partial charge is 0.461 e. The Morgan fingerprint density at radius 1 is 1.04 bits per heavy atom. The lowest BCUT2D eigenvalue weighted by Crippen LogP contribution is -2.26. The Labute approximate surface area is 131 Å². The number of nitrogens with one attached hydrogen (secondary N) is 1. The van der Waals surface area contributed by atoms with Crippen molar-refractivity contribution in [2.45, 2.75) is 12.8 Å². The van der Waals surface area contributed by atoms with Gasteiger partial charge in [-0.2, -0.15) is 0 Å². The van der Waals surface area contributed by atoms with Gasteiger partial charge in [-0.05, 0) is 30.7 Å². The van der Waals surface area contributed by atoms with E-state index in [1.54, 1.807) is 0 Å². The van der Waals surface area contributed by atoms with Crippen LogP contribution >= 0.6 is 0 Å². The van der Waals surface area contributed by atoms with E-state index in [0.717, 1.165) is 28.9 Å². The number of rotatable bonds is 5. The molecule has 0 atom stereocenters. The number of amides is 1. The van der Waals surface area contributed by atoms with Crippen LogP contribution in [0.25, 0.3) is 11.0 Å². The van der Waals surface area contributed by atoms with Gasteiger partial charge < -0.3 is 9.73 Å². The van der Waals surface area contributed by atoms with E-state index in [1.165, 1.54) is 6.07 Å². The zero-order chi connectivity index (χ0) is 16.2. The van der Waals surface area contributed by atoms with Gasteiger partial charge in [0, 0.05) is 18.4 Å². The molecule has 0 spiro atoms. The predicted octanol–water partition coefficient (Wildman–Crippen LogP) is 4.07. The number of benzene rings is 2. The van der Waals surface area contributed by atoms with Crippen molar-refractivity contribution in [2.75, 3.05) is 6.54 Å². The van der Waals surface area contributed by atoms with E-state index < -0.39 is 23.1 Å². The second-order valence-electron chi connectivity index (χ2n) is 5.21. The van der Waals surface area contributed by atoms with Gasteiger partial charge in [0.25, 0.3) is 5.91 Å². The number of carbonyl (C=O) groups excluding carboxylic acids is 1. The van der Waals surface area contributed by atoms with Crippen LogP contribution in [0.5, 0.6) is 0 Å². The number of fused-ring (bicyclic) bond motifs is 1. The van der Waals surface area contributed by atoms with Gasteiger partial charge in [-0.25, -0.2) is 8.78 Å². The molecule has 2 aromatic carbocycles.